The third-order valence-corrected chi connectivity index (χ3v) is 4.78. The fourth-order valence-corrected chi connectivity index (χ4v) is 3.90. The van der Waals surface area contributed by atoms with E-state index in [1.165, 1.54) is 7.11 Å². The van der Waals surface area contributed by atoms with Crippen molar-refractivity contribution in [2.24, 2.45) is 0 Å². The molecule has 4 aliphatic rings. The molecular formula is C13H18O5. The molecule has 2 bridgehead atoms. The van der Waals surface area contributed by atoms with Crippen LogP contribution in [0.1, 0.15) is 32.1 Å². The summed E-state index contributed by atoms with van der Waals surface area (Å²) >= 11 is 0. The second-order valence-corrected chi connectivity index (χ2v) is 5.87. The summed E-state index contributed by atoms with van der Waals surface area (Å²) in [7, 11) is 1.42. The first-order valence-electron chi connectivity index (χ1n) is 6.76. The molecule has 0 aromatic heterocycles. The first kappa shape index (κ1) is 11.2. The lowest BCUT2D eigenvalue weighted by Gasteiger charge is -2.42. The van der Waals surface area contributed by atoms with Crippen LogP contribution in [-0.2, 0) is 23.7 Å². The van der Waals surface area contributed by atoms with Gasteiger partial charge in [0.05, 0.1) is 43.5 Å². The molecule has 4 fully saturated rings. The molecule has 5 heteroatoms. The standard InChI is InChI=1S/C13H18O5/c1-15-11(14)4-7-2-3-10-13(18-7)5-8(16-10)12-9(6-13)17-12/h7-10,12H,2-6H2,1H3/t7?,8?,9-,10+,12+,13-/m1/s1. The number of ether oxygens (including phenoxy) is 4. The molecule has 1 saturated carbocycles. The predicted octanol–water partition coefficient (Wildman–Crippen LogP) is 0.796. The Kier molecular flexibility index (Phi) is 2.29. The lowest BCUT2D eigenvalue weighted by Crippen LogP contribution is -2.50. The molecule has 0 amide bonds. The molecule has 2 unspecified atom stereocenters. The van der Waals surface area contributed by atoms with E-state index >= 15 is 0 Å². The van der Waals surface area contributed by atoms with E-state index in [-0.39, 0.29) is 29.9 Å². The van der Waals surface area contributed by atoms with E-state index in [0.29, 0.717) is 18.6 Å². The maximum Gasteiger partial charge on any atom is 0.308 e. The van der Waals surface area contributed by atoms with Gasteiger partial charge in [-0.05, 0) is 12.8 Å². The molecule has 4 rings (SSSR count). The zero-order chi connectivity index (χ0) is 12.3. The number of hydrogen-bond donors (Lipinski definition) is 0. The zero-order valence-electron chi connectivity index (χ0n) is 10.5. The highest BCUT2D eigenvalue weighted by Gasteiger charge is 2.66. The number of rotatable bonds is 2. The van der Waals surface area contributed by atoms with Crippen molar-refractivity contribution < 1.29 is 23.7 Å². The maximum absolute atomic E-state index is 11.4. The number of carbonyl (C=O) groups is 1. The Morgan fingerprint density at radius 2 is 2.06 bits per heavy atom. The number of esters is 1. The summed E-state index contributed by atoms with van der Waals surface area (Å²) in [6.07, 6.45) is 5.10. The molecule has 18 heavy (non-hydrogen) atoms. The van der Waals surface area contributed by atoms with E-state index in [1.807, 2.05) is 0 Å². The Bertz CT molecular complexity index is 380. The molecule has 3 saturated heterocycles. The highest BCUT2D eigenvalue weighted by Crippen LogP contribution is 2.55. The van der Waals surface area contributed by atoms with Gasteiger partial charge in [-0.3, -0.25) is 4.79 Å². The van der Waals surface area contributed by atoms with Gasteiger partial charge in [-0.15, -0.1) is 0 Å². The number of carbonyl (C=O) groups excluding carboxylic acids is 1. The Hall–Kier alpha value is -0.650. The van der Waals surface area contributed by atoms with E-state index in [4.69, 9.17) is 18.9 Å². The van der Waals surface area contributed by atoms with Gasteiger partial charge in [0.2, 0.25) is 0 Å². The van der Waals surface area contributed by atoms with Crippen LogP contribution in [0.15, 0.2) is 0 Å². The maximum atomic E-state index is 11.4. The van der Waals surface area contributed by atoms with Crippen LogP contribution in [0, 0.1) is 0 Å². The zero-order valence-corrected chi connectivity index (χ0v) is 10.5. The quantitative estimate of drug-likeness (QED) is 0.539. The van der Waals surface area contributed by atoms with Crippen LogP contribution in [0.5, 0.6) is 0 Å². The van der Waals surface area contributed by atoms with Gasteiger partial charge in [0, 0.05) is 12.8 Å². The highest BCUT2D eigenvalue weighted by atomic mass is 16.6. The van der Waals surface area contributed by atoms with Crippen molar-refractivity contribution in [1.29, 1.82) is 0 Å². The lowest BCUT2D eigenvalue weighted by atomic mass is 9.78. The van der Waals surface area contributed by atoms with Crippen LogP contribution >= 0.6 is 0 Å². The summed E-state index contributed by atoms with van der Waals surface area (Å²) in [5, 5.41) is 0. The molecule has 100 valence electrons. The average molecular weight is 254 g/mol. The van der Waals surface area contributed by atoms with Crippen molar-refractivity contribution in [3.63, 3.8) is 0 Å². The first-order chi connectivity index (χ1) is 8.70. The summed E-state index contributed by atoms with van der Waals surface area (Å²) in [6.45, 7) is 0. The summed E-state index contributed by atoms with van der Waals surface area (Å²) in [6, 6.07) is 0. The second-order valence-electron chi connectivity index (χ2n) is 5.87. The monoisotopic (exact) mass is 254 g/mol. The van der Waals surface area contributed by atoms with Crippen molar-refractivity contribution in [2.45, 2.75) is 68.2 Å². The first-order valence-corrected chi connectivity index (χ1v) is 6.76. The van der Waals surface area contributed by atoms with Crippen LogP contribution in [0.4, 0.5) is 0 Å². The van der Waals surface area contributed by atoms with Crippen molar-refractivity contribution in [3.8, 4) is 0 Å². The number of epoxide rings is 1. The van der Waals surface area contributed by atoms with Gasteiger partial charge >= 0.3 is 5.97 Å². The van der Waals surface area contributed by atoms with E-state index in [1.54, 1.807) is 0 Å². The third-order valence-electron chi connectivity index (χ3n) is 4.78. The summed E-state index contributed by atoms with van der Waals surface area (Å²) < 4.78 is 22.6. The smallest absolute Gasteiger partial charge is 0.308 e. The van der Waals surface area contributed by atoms with Crippen LogP contribution < -0.4 is 0 Å². The highest BCUT2D eigenvalue weighted by molar-refractivity contribution is 5.69. The van der Waals surface area contributed by atoms with E-state index < -0.39 is 0 Å². The Balaban J connectivity index is 1.50. The largest absolute Gasteiger partial charge is 0.469 e. The lowest BCUT2D eigenvalue weighted by molar-refractivity contribution is -0.178. The van der Waals surface area contributed by atoms with Gasteiger partial charge in [-0.1, -0.05) is 0 Å². The number of fused-ring (bicyclic) bond motifs is 3. The minimum absolute atomic E-state index is 0.0219. The van der Waals surface area contributed by atoms with Crippen molar-refractivity contribution >= 4 is 5.97 Å². The van der Waals surface area contributed by atoms with Gasteiger partial charge in [-0.2, -0.15) is 0 Å². The van der Waals surface area contributed by atoms with Gasteiger partial charge in [0.25, 0.3) is 0 Å². The van der Waals surface area contributed by atoms with Crippen LogP contribution in [0.3, 0.4) is 0 Å². The fraction of sp³-hybridized carbons (Fsp3) is 0.923. The van der Waals surface area contributed by atoms with Crippen LogP contribution in [-0.4, -0.2) is 49.2 Å². The average Bonchev–Trinajstić information content (AvgIpc) is 3.04. The van der Waals surface area contributed by atoms with Gasteiger partial charge in [-0.25, -0.2) is 0 Å². The SMILES string of the molecule is COC(=O)CC1CC[C@@H]2OC3C[C@]2(C[C@H]2O[C@@H]32)O1. The Morgan fingerprint density at radius 3 is 2.83 bits per heavy atom. The Morgan fingerprint density at radius 1 is 1.28 bits per heavy atom. The molecular weight excluding hydrogens is 236 g/mol. The molecule has 0 N–H and O–H groups in total. The molecule has 0 aromatic carbocycles. The van der Waals surface area contributed by atoms with E-state index in [0.717, 1.165) is 25.7 Å². The summed E-state index contributed by atoms with van der Waals surface area (Å²) in [5.41, 5.74) is -0.195. The molecule has 3 heterocycles. The topological polar surface area (TPSA) is 57.3 Å². The predicted molar refractivity (Wildman–Crippen MR) is 60.0 cm³/mol. The molecule has 0 radical (unpaired) electrons. The van der Waals surface area contributed by atoms with Crippen molar-refractivity contribution in [1.82, 2.24) is 0 Å². The molecule has 1 aliphatic carbocycles. The minimum Gasteiger partial charge on any atom is -0.469 e. The van der Waals surface area contributed by atoms with Gasteiger partial charge < -0.3 is 18.9 Å². The summed E-state index contributed by atoms with van der Waals surface area (Å²) in [4.78, 5) is 11.4. The number of hydrogen-bond acceptors (Lipinski definition) is 5. The van der Waals surface area contributed by atoms with Crippen LogP contribution in [0.2, 0.25) is 0 Å². The molecule has 1 spiro atoms. The van der Waals surface area contributed by atoms with E-state index in [2.05, 4.69) is 0 Å². The van der Waals surface area contributed by atoms with E-state index in [9.17, 15) is 4.79 Å². The van der Waals surface area contributed by atoms with Crippen molar-refractivity contribution in [2.75, 3.05) is 7.11 Å². The molecule has 3 aliphatic heterocycles. The normalized spacial score (nSPS) is 52.4. The van der Waals surface area contributed by atoms with Gasteiger partial charge in [0.15, 0.2) is 0 Å². The van der Waals surface area contributed by atoms with Gasteiger partial charge in [0.1, 0.15) is 6.10 Å². The second kappa shape index (κ2) is 3.68. The molecule has 5 nitrogen and oxygen atoms in total. The molecule has 6 atom stereocenters. The fourth-order valence-electron chi connectivity index (χ4n) is 3.90. The summed E-state index contributed by atoms with van der Waals surface area (Å²) in [5.74, 6) is -0.193. The number of methoxy groups -OCH3 is 1. The third kappa shape index (κ3) is 1.54. The van der Waals surface area contributed by atoms with Crippen molar-refractivity contribution in [3.05, 3.63) is 0 Å². The Labute approximate surface area is 106 Å². The van der Waals surface area contributed by atoms with Crippen LogP contribution in [0.25, 0.3) is 0 Å². The molecule has 0 aromatic rings. The minimum atomic E-state index is -0.195.